The number of hydrogen-bond donors (Lipinski definition) is 1. The SMILES string of the molecule is CCCN(C1CCN(C(=O)N(C)C)CC1)C1CCCNC1. The number of nitrogens with zero attached hydrogens (tertiary/aromatic N) is 3. The summed E-state index contributed by atoms with van der Waals surface area (Å²) < 4.78 is 0. The van der Waals surface area contributed by atoms with E-state index >= 15 is 0 Å². The van der Waals surface area contributed by atoms with E-state index in [0.29, 0.717) is 12.1 Å². The van der Waals surface area contributed by atoms with Gasteiger partial charge in [0.1, 0.15) is 0 Å². The van der Waals surface area contributed by atoms with Crippen molar-refractivity contribution in [3.63, 3.8) is 0 Å². The maximum atomic E-state index is 12.0. The average molecular weight is 296 g/mol. The molecule has 5 heteroatoms. The number of amides is 2. The average Bonchev–Trinajstić information content (AvgIpc) is 2.53. The van der Waals surface area contributed by atoms with Crippen LogP contribution >= 0.6 is 0 Å². The summed E-state index contributed by atoms with van der Waals surface area (Å²) in [6.45, 7) is 7.58. The Bertz CT molecular complexity index is 320. The number of likely N-dealkylation sites (tertiary alicyclic amines) is 1. The molecule has 21 heavy (non-hydrogen) atoms. The number of nitrogens with one attached hydrogen (secondary N) is 1. The maximum absolute atomic E-state index is 12.0. The van der Waals surface area contributed by atoms with E-state index in [1.165, 1.54) is 32.4 Å². The van der Waals surface area contributed by atoms with Crippen LogP contribution < -0.4 is 5.32 Å². The standard InChI is InChI=1S/C16H32N4O/c1-4-10-20(15-6-5-9-17-13-15)14-7-11-19(12-8-14)16(21)18(2)3/h14-15,17H,4-13H2,1-3H3. The lowest BCUT2D eigenvalue weighted by atomic mass is 9.97. The van der Waals surface area contributed by atoms with E-state index in [4.69, 9.17) is 0 Å². The molecule has 2 saturated heterocycles. The number of piperidine rings is 2. The fourth-order valence-corrected chi connectivity index (χ4v) is 3.71. The number of urea groups is 1. The Morgan fingerprint density at radius 3 is 2.43 bits per heavy atom. The summed E-state index contributed by atoms with van der Waals surface area (Å²) in [6, 6.07) is 1.51. The minimum Gasteiger partial charge on any atom is -0.331 e. The Kier molecular flexibility index (Phi) is 6.30. The van der Waals surface area contributed by atoms with Gasteiger partial charge in [0.05, 0.1) is 0 Å². The predicted octanol–water partition coefficient (Wildman–Crippen LogP) is 1.60. The molecular weight excluding hydrogens is 264 g/mol. The monoisotopic (exact) mass is 296 g/mol. The van der Waals surface area contributed by atoms with Crippen molar-refractivity contribution < 1.29 is 4.79 Å². The van der Waals surface area contributed by atoms with Gasteiger partial charge in [-0.05, 0) is 45.2 Å². The van der Waals surface area contributed by atoms with Gasteiger partial charge in [-0.1, -0.05) is 6.92 Å². The Hall–Kier alpha value is -0.810. The molecule has 2 aliphatic heterocycles. The number of hydrogen-bond acceptors (Lipinski definition) is 3. The molecule has 5 nitrogen and oxygen atoms in total. The van der Waals surface area contributed by atoms with Crippen LogP contribution in [0.25, 0.3) is 0 Å². The van der Waals surface area contributed by atoms with Gasteiger partial charge in [0, 0.05) is 45.8 Å². The molecule has 2 fully saturated rings. The molecule has 0 radical (unpaired) electrons. The summed E-state index contributed by atoms with van der Waals surface area (Å²) in [7, 11) is 3.68. The van der Waals surface area contributed by atoms with Crippen LogP contribution in [0.4, 0.5) is 4.79 Å². The second-order valence-corrected chi connectivity index (χ2v) is 6.63. The lowest BCUT2D eigenvalue weighted by Crippen LogP contribution is -2.55. The van der Waals surface area contributed by atoms with Crippen LogP contribution in [0.3, 0.4) is 0 Å². The molecule has 0 aromatic heterocycles. The first kappa shape index (κ1) is 16.6. The third-order valence-corrected chi connectivity index (χ3v) is 4.81. The van der Waals surface area contributed by atoms with Gasteiger partial charge in [0.15, 0.2) is 0 Å². The molecule has 2 amide bonds. The van der Waals surface area contributed by atoms with Crippen molar-refractivity contribution in [2.24, 2.45) is 0 Å². The Morgan fingerprint density at radius 2 is 1.90 bits per heavy atom. The molecule has 0 aliphatic carbocycles. The van der Waals surface area contributed by atoms with Crippen molar-refractivity contribution in [3.8, 4) is 0 Å². The van der Waals surface area contributed by atoms with Crippen LogP contribution in [0.1, 0.15) is 39.0 Å². The fourth-order valence-electron chi connectivity index (χ4n) is 3.71. The lowest BCUT2D eigenvalue weighted by molar-refractivity contribution is 0.0662. The highest BCUT2D eigenvalue weighted by molar-refractivity contribution is 5.73. The molecule has 0 saturated carbocycles. The molecule has 2 aliphatic rings. The topological polar surface area (TPSA) is 38.8 Å². The lowest BCUT2D eigenvalue weighted by Gasteiger charge is -2.44. The summed E-state index contributed by atoms with van der Waals surface area (Å²) in [5.41, 5.74) is 0. The van der Waals surface area contributed by atoms with E-state index in [2.05, 4.69) is 17.1 Å². The first-order chi connectivity index (χ1) is 10.1. The first-order valence-corrected chi connectivity index (χ1v) is 8.56. The predicted molar refractivity (Wildman–Crippen MR) is 86.6 cm³/mol. The zero-order valence-corrected chi connectivity index (χ0v) is 14.0. The van der Waals surface area contributed by atoms with E-state index in [9.17, 15) is 4.79 Å². The zero-order chi connectivity index (χ0) is 15.2. The summed E-state index contributed by atoms with van der Waals surface area (Å²) in [6.07, 6.45) is 6.08. The molecule has 2 rings (SSSR count). The number of carbonyl (C=O) groups excluding carboxylic acids is 1. The van der Waals surface area contributed by atoms with Crippen molar-refractivity contribution in [3.05, 3.63) is 0 Å². The second kappa shape index (κ2) is 7.99. The van der Waals surface area contributed by atoms with Crippen molar-refractivity contribution in [2.75, 3.05) is 46.8 Å². The van der Waals surface area contributed by atoms with E-state index in [1.54, 1.807) is 4.90 Å². The zero-order valence-electron chi connectivity index (χ0n) is 14.0. The van der Waals surface area contributed by atoms with Gasteiger partial charge >= 0.3 is 6.03 Å². The van der Waals surface area contributed by atoms with Gasteiger partial charge in [-0.3, -0.25) is 4.90 Å². The molecule has 0 spiro atoms. The molecule has 0 aromatic carbocycles. The molecule has 2 heterocycles. The summed E-state index contributed by atoms with van der Waals surface area (Å²) in [5, 5.41) is 3.54. The Morgan fingerprint density at radius 1 is 1.19 bits per heavy atom. The summed E-state index contributed by atoms with van der Waals surface area (Å²) in [5.74, 6) is 0. The molecule has 0 bridgehead atoms. The molecule has 1 atom stereocenters. The van der Waals surface area contributed by atoms with Crippen LogP contribution in [0, 0.1) is 0 Å². The van der Waals surface area contributed by atoms with Gasteiger partial charge in [-0.25, -0.2) is 4.79 Å². The molecule has 122 valence electrons. The van der Waals surface area contributed by atoms with Crippen LogP contribution in [-0.2, 0) is 0 Å². The van der Waals surface area contributed by atoms with Crippen molar-refractivity contribution >= 4 is 6.03 Å². The van der Waals surface area contributed by atoms with Crippen LogP contribution in [0.15, 0.2) is 0 Å². The summed E-state index contributed by atoms with van der Waals surface area (Å²) in [4.78, 5) is 18.4. The third kappa shape index (κ3) is 4.33. The fraction of sp³-hybridized carbons (Fsp3) is 0.938. The van der Waals surface area contributed by atoms with Crippen molar-refractivity contribution in [2.45, 2.75) is 51.1 Å². The van der Waals surface area contributed by atoms with Gasteiger partial charge in [0.25, 0.3) is 0 Å². The van der Waals surface area contributed by atoms with E-state index in [-0.39, 0.29) is 6.03 Å². The van der Waals surface area contributed by atoms with Crippen LogP contribution in [0.5, 0.6) is 0 Å². The van der Waals surface area contributed by atoms with E-state index in [1.807, 2.05) is 19.0 Å². The highest BCUT2D eigenvalue weighted by atomic mass is 16.2. The minimum absolute atomic E-state index is 0.162. The molecule has 1 N–H and O–H groups in total. The molecule has 0 aromatic rings. The smallest absolute Gasteiger partial charge is 0.319 e. The van der Waals surface area contributed by atoms with Gasteiger partial charge < -0.3 is 15.1 Å². The number of rotatable bonds is 4. The molecule has 1 unspecified atom stereocenters. The quantitative estimate of drug-likeness (QED) is 0.856. The Balaban J connectivity index is 1.89. The van der Waals surface area contributed by atoms with Gasteiger partial charge in [0.2, 0.25) is 0 Å². The van der Waals surface area contributed by atoms with Crippen molar-refractivity contribution in [1.82, 2.24) is 20.0 Å². The van der Waals surface area contributed by atoms with Gasteiger partial charge in [-0.15, -0.1) is 0 Å². The highest BCUT2D eigenvalue weighted by Crippen LogP contribution is 2.22. The molecular formula is C16H32N4O. The largest absolute Gasteiger partial charge is 0.331 e. The Labute approximate surface area is 129 Å². The number of carbonyl (C=O) groups is 1. The van der Waals surface area contributed by atoms with E-state index in [0.717, 1.165) is 32.5 Å². The minimum atomic E-state index is 0.162. The summed E-state index contributed by atoms with van der Waals surface area (Å²) >= 11 is 0. The maximum Gasteiger partial charge on any atom is 0.319 e. The van der Waals surface area contributed by atoms with Crippen LogP contribution in [0.2, 0.25) is 0 Å². The normalized spacial score (nSPS) is 24.4. The van der Waals surface area contributed by atoms with Gasteiger partial charge in [-0.2, -0.15) is 0 Å². The van der Waals surface area contributed by atoms with Crippen LogP contribution in [-0.4, -0.2) is 79.6 Å². The second-order valence-electron chi connectivity index (χ2n) is 6.63. The highest BCUT2D eigenvalue weighted by Gasteiger charge is 2.31. The first-order valence-electron chi connectivity index (χ1n) is 8.56. The van der Waals surface area contributed by atoms with Crippen molar-refractivity contribution in [1.29, 1.82) is 0 Å². The van der Waals surface area contributed by atoms with E-state index < -0.39 is 0 Å². The third-order valence-electron chi connectivity index (χ3n) is 4.81.